The molecule has 0 aromatic carbocycles. The quantitative estimate of drug-likeness (QED) is 0.350. The minimum absolute atomic E-state index is 0.0912. The number of nitrogens with zero attached hydrogens (tertiary/aromatic N) is 1. The average Bonchev–Trinajstić information content (AvgIpc) is 2.92. The van der Waals surface area contributed by atoms with Crippen molar-refractivity contribution in [2.24, 2.45) is 17.6 Å². The second kappa shape index (κ2) is 9.28. The van der Waals surface area contributed by atoms with Crippen LogP contribution in [-0.4, -0.2) is 52.8 Å². The largest absolute Gasteiger partial charge is 0.356 e. The van der Waals surface area contributed by atoms with Gasteiger partial charge in [0.15, 0.2) is 0 Å². The number of carbonyl (C=O) groups excluding carboxylic acids is 3. The van der Waals surface area contributed by atoms with Crippen LogP contribution in [-0.2, 0) is 14.4 Å². The molecule has 2 fully saturated rings. The Hall–Kier alpha value is -0.990. The monoisotopic (exact) mass is 397 g/mol. The third-order valence-electron chi connectivity index (χ3n) is 5.53. The second-order valence-electron chi connectivity index (χ2n) is 7.21. The summed E-state index contributed by atoms with van der Waals surface area (Å²) in [7, 11) is 3.94. The summed E-state index contributed by atoms with van der Waals surface area (Å²) in [6, 6.07) is 0. The van der Waals surface area contributed by atoms with Crippen molar-refractivity contribution in [2.45, 2.75) is 49.0 Å². The third kappa shape index (κ3) is 4.64. The van der Waals surface area contributed by atoms with Gasteiger partial charge < -0.3 is 11.1 Å². The van der Waals surface area contributed by atoms with Crippen molar-refractivity contribution >= 4 is 39.3 Å². The fourth-order valence-corrected chi connectivity index (χ4v) is 7.26. The molecule has 4 atom stereocenters. The molecular weight excluding hydrogens is 370 g/mol. The van der Waals surface area contributed by atoms with E-state index in [2.05, 4.69) is 5.32 Å². The fourth-order valence-electron chi connectivity index (χ4n) is 3.92. The van der Waals surface area contributed by atoms with Crippen molar-refractivity contribution in [3.8, 4) is 0 Å². The van der Waals surface area contributed by atoms with Crippen LogP contribution in [0.4, 0.5) is 0 Å². The lowest BCUT2D eigenvalue weighted by Gasteiger charge is -2.47. The van der Waals surface area contributed by atoms with Gasteiger partial charge in [-0.1, -0.05) is 28.0 Å². The number of unbranched alkanes of at least 4 members (excludes halogenated alkanes) is 2. The molecule has 8 heteroatoms. The molecule has 1 saturated heterocycles. The summed E-state index contributed by atoms with van der Waals surface area (Å²) in [6.45, 7) is 1.88. The van der Waals surface area contributed by atoms with Crippen molar-refractivity contribution in [3.63, 3.8) is 0 Å². The highest BCUT2D eigenvalue weighted by Crippen LogP contribution is 2.57. The Morgan fingerprint density at radius 3 is 2.58 bits per heavy atom. The Labute approximate surface area is 162 Å². The number of rotatable bonds is 9. The molecule has 3 aliphatic rings. The topological polar surface area (TPSA) is 92.5 Å². The maximum Gasteiger partial charge on any atom is 0.253 e. The van der Waals surface area contributed by atoms with Crippen LogP contribution in [0, 0.1) is 11.8 Å². The number of nitrogens with one attached hydrogen (secondary N) is 1. The molecule has 3 N–H and O–H groups in total. The molecule has 1 aliphatic carbocycles. The molecule has 2 aliphatic heterocycles. The third-order valence-corrected chi connectivity index (χ3v) is 9.23. The molecule has 0 aromatic rings. The van der Waals surface area contributed by atoms with Gasteiger partial charge in [-0.3, -0.25) is 19.3 Å². The van der Waals surface area contributed by atoms with Gasteiger partial charge >= 0.3 is 0 Å². The molecule has 0 bridgehead atoms. The van der Waals surface area contributed by atoms with E-state index in [0.29, 0.717) is 36.6 Å². The zero-order valence-electron chi connectivity index (χ0n) is 14.9. The Morgan fingerprint density at radius 2 is 1.92 bits per heavy atom. The summed E-state index contributed by atoms with van der Waals surface area (Å²) in [4.78, 5) is 36.2. The lowest BCUT2D eigenvalue weighted by Crippen LogP contribution is -2.49. The van der Waals surface area contributed by atoms with Gasteiger partial charge in [0.05, 0.1) is 0 Å². The number of carbonyl (C=O) groups is 3. The van der Waals surface area contributed by atoms with Crippen LogP contribution in [0.2, 0.25) is 0 Å². The molecule has 3 amide bonds. The zero-order chi connectivity index (χ0) is 18.5. The summed E-state index contributed by atoms with van der Waals surface area (Å²) < 4.78 is 0. The van der Waals surface area contributed by atoms with Gasteiger partial charge in [-0.15, -0.1) is 0 Å². The minimum Gasteiger partial charge on any atom is -0.356 e. The van der Waals surface area contributed by atoms with E-state index >= 15 is 0 Å². The van der Waals surface area contributed by atoms with Gasteiger partial charge in [0.2, 0.25) is 5.91 Å². The van der Waals surface area contributed by atoms with Gasteiger partial charge in [-0.2, -0.15) is 0 Å². The standard InChI is InChI=1S/C18H27N3O3S2/c19-10-13-12(5-6-14-18(13)26-25-14)11-20-15(22)4-2-1-3-9-21-16(23)7-8-17(21)24/h7-8,12-14,18H,1-6,9-11,19H2,(H,20,22). The van der Waals surface area contributed by atoms with Crippen LogP contribution >= 0.6 is 21.6 Å². The summed E-state index contributed by atoms with van der Waals surface area (Å²) >= 11 is 0. The predicted molar refractivity (Wildman–Crippen MR) is 105 cm³/mol. The number of fused-ring (bicyclic) bond motifs is 1. The van der Waals surface area contributed by atoms with E-state index in [1.807, 2.05) is 21.6 Å². The van der Waals surface area contributed by atoms with Gasteiger partial charge in [0.25, 0.3) is 11.8 Å². The van der Waals surface area contributed by atoms with Crippen LogP contribution in [0.15, 0.2) is 12.2 Å². The number of hydrogen-bond acceptors (Lipinski definition) is 6. The Kier molecular flexibility index (Phi) is 7.05. The highest BCUT2D eigenvalue weighted by molar-refractivity contribution is 8.80. The molecule has 26 heavy (non-hydrogen) atoms. The number of imide groups is 1. The molecule has 0 aromatic heterocycles. The Bertz CT molecular complexity index is 566. The summed E-state index contributed by atoms with van der Waals surface area (Å²) in [5.41, 5.74) is 5.98. The van der Waals surface area contributed by atoms with Crippen LogP contribution in [0.25, 0.3) is 0 Å². The first-order valence-electron chi connectivity index (χ1n) is 9.42. The number of nitrogens with two attached hydrogens (primary N) is 1. The minimum atomic E-state index is -0.236. The first-order chi connectivity index (χ1) is 12.6. The van der Waals surface area contributed by atoms with E-state index in [-0.39, 0.29) is 17.7 Å². The summed E-state index contributed by atoms with van der Waals surface area (Å²) in [5.74, 6) is 0.635. The number of hydrogen-bond donors (Lipinski definition) is 2. The first-order valence-corrected chi connectivity index (χ1v) is 11.7. The highest BCUT2D eigenvalue weighted by atomic mass is 33.1. The predicted octanol–water partition coefficient (Wildman–Crippen LogP) is 1.71. The SMILES string of the molecule is NCC1C(CNC(=O)CCCCCN2C(=O)C=CC2=O)CCC2SSC21. The van der Waals surface area contributed by atoms with E-state index in [4.69, 9.17) is 5.73 Å². The van der Waals surface area contributed by atoms with E-state index in [1.165, 1.54) is 23.5 Å². The maximum absolute atomic E-state index is 12.1. The van der Waals surface area contributed by atoms with E-state index in [9.17, 15) is 14.4 Å². The number of amides is 3. The van der Waals surface area contributed by atoms with Gasteiger partial charge in [0.1, 0.15) is 0 Å². The molecule has 4 unspecified atom stereocenters. The molecule has 144 valence electrons. The molecule has 1 saturated carbocycles. The second-order valence-corrected chi connectivity index (χ2v) is 9.90. The first kappa shape index (κ1) is 19.8. The average molecular weight is 398 g/mol. The molecule has 0 radical (unpaired) electrons. The van der Waals surface area contributed by atoms with E-state index in [1.54, 1.807) is 0 Å². The highest BCUT2D eigenvalue weighted by Gasteiger charge is 2.45. The fraction of sp³-hybridized carbons (Fsp3) is 0.722. The summed E-state index contributed by atoms with van der Waals surface area (Å²) in [5, 5.41) is 4.52. The van der Waals surface area contributed by atoms with Crippen molar-refractivity contribution in [3.05, 3.63) is 12.2 Å². The Balaban J connectivity index is 1.27. The van der Waals surface area contributed by atoms with E-state index in [0.717, 1.165) is 37.5 Å². The zero-order valence-corrected chi connectivity index (χ0v) is 16.5. The van der Waals surface area contributed by atoms with Gasteiger partial charge in [-0.25, -0.2) is 0 Å². The molecule has 3 rings (SSSR count). The molecular formula is C18H27N3O3S2. The Morgan fingerprint density at radius 1 is 1.15 bits per heavy atom. The van der Waals surface area contributed by atoms with Crippen LogP contribution in [0.3, 0.4) is 0 Å². The lowest BCUT2D eigenvalue weighted by molar-refractivity contribution is -0.136. The van der Waals surface area contributed by atoms with Gasteiger partial charge in [-0.05, 0) is 44.1 Å². The normalized spacial score (nSPS) is 30.3. The van der Waals surface area contributed by atoms with Crippen molar-refractivity contribution in [2.75, 3.05) is 19.6 Å². The van der Waals surface area contributed by atoms with Gasteiger partial charge in [0, 0.05) is 42.2 Å². The smallest absolute Gasteiger partial charge is 0.253 e. The maximum atomic E-state index is 12.1. The van der Waals surface area contributed by atoms with Crippen molar-refractivity contribution in [1.29, 1.82) is 0 Å². The van der Waals surface area contributed by atoms with Crippen molar-refractivity contribution in [1.82, 2.24) is 10.2 Å². The van der Waals surface area contributed by atoms with Crippen molar-refractivity contribution < 1.29 is 14.4 Å². The molecule has 2 heterocycles. The van der Waals surface area contributed by atoms with Crippen LogP contribution in [0.1, 0.15) is 38.5 Å². The lowest BCUT2D eigenvalue weighted by atomic mass is 9.78. The molecule has 6 nitrogen and oxygen atoms in total. The van der Waals surface area contributed by atoms with Crippen LogP contribution < -0.4 is 11.1 Å². The summed E-state index contributed by atoms with van der Waals surface area (Å²) in [6.07, 6.45) is 7.84. The van der Waals surface area contributed by atoms with E-state index < -0.39 is 0 Å². The van der Waals surface area contributed by atoms with Crippen LogP contribution in [0.5, 0.6) is 0 Å². The molecule has 0 spiro atoms.